The molecule has 0 aliphatic carbocycles. The lowest BCUT2D eigenvalue weighted by Gasteiger charge is -2.06. The van der Waals surface area contributed by atoms with Crippen LogP contribution in [0.4, 0.5) is 0 Å². The van der Waals surface area contributed by atoms with Gasteiger partial charge in [-0.05, 0) is 24.1 Å². The number of nitrogens with zero attached hydrogens (tertiary/aromatic N) is 2. The third kappa shape index (κ3) is 3.56. The van der Waals surface area contributed by atoms with Crippen LogP contribution in [0.1, 0.15) is 11.3 Å². The van der Waals surface area contributed by atoms with Gasteiger partial charge in [0.05, 0.1) is 19.2 Å². The Morgan fingerprint density at radius 1 is 1.21 bits per heavy atom. The standard InChI is InChI=1S/C19H21N3O2/c1-22-13-14(16-7-3-4-8-17(16)22)10-11-20-18(23)12-15-6-5-9-19(21-15)24-2/h3-9,13H,10-12H2,1-2H3,(H,20,23). The van der Waals surface area contributed by atoms with Gasteiger partial charge in [-0.1, -0.05) is 24.3 Å². The van der Waals surface area contributed by atoms with E-state index in [1.807, 2.05) is 31.3 Å². The van der Waals surface area contributed by atoms with Crippen LogP contribution in [0.5, 0.6) is 5.88 Å². The Morgan fingerprint density at radius 2 is 2.04 bits per heavy atom. The molecule has 0 spiro atoms. The fourth-order valence-electron chi connectivity index (χ4n) is 2.86. The third-order valence-electron chi connectivity index (χ3n) is 4.03. The summed E-state index contributed by atoms with van der Waals surface area (Å²) in [4.78, 5) is 16.3. The van der Waals surface area contributed by atoms with E-state index >= 15 is 0 Å². The van der Waals surface area contributed by atoms with Gasteiger partial charge in [0, 0.05) is 36.8 Å². The van der Waals surface area contributed by atoms with Crippen molar-refractivity contribution in [2.24, 2.45) is 7.05 Å². The lowest BCUT2D eigenvalue weighted by Crippen LogP contribution is -2.27. The molecule has 0 atom stereocenters. The Labute approximate surface area is 141 Å². The second-order valence-electron chi connectivity index (χ2n) is 5.73. The van der Waals surface area contributed by atoms with Crippen LogP contribution in [-0.2, 0) is 24.7 Å². The average Bonchev–Trinajstić information content (AvgIpc) is 2.92. The number of aromatic nitrogens is 2. The highest BCUT2D eigenvalue weighted by molar-refractivity contribution is 5.84. The highest BCUT2D eigenvalue weighted by Crippen LogP contribution is 2.20. The van der Waals surface area contributed by atoms with Crippen molar-refractivity contribution >= 4 is 16.8 Å². The molecule has 3 rings (SSSR count). The summed E-state index contributed by atoms with van der Waals surface area (Å²) in [5.41, 5.74) is 3.16. The van der Waals surface area contributed by atoms with Gasteiger partial charge in [0.1, 0.15) is 0 Å². The van der Waals surface area contributed by atoms with Crippen molar-refractivity contribution in [2.45, 2.75) is 12.8 Å². The van der Waals surface area contributed by atoms with Crippen molar-refractivity contribution in [2.75, 3.05) is 13.7 Å². The molecule has 2 aromatic heterocycles. The number of ether oxygens (including phenoxy) is 1. The van der Waals surface area contributed by atoms with Crippen LogP contribution in [0.2, 0.25) is 0 Å². The first kappa shape index (κ1) is 16.1. The van der Waals surface area contributed by atoms with Crippen LogP contribution >= 0.6 is 0 Å². The van der Waals surface area contributed by atoms with Crippen molar-refractivity contribution in [1.29, 1.82) is 0 Å². The van der Waals surface area contributed by atoms with Crippen LogP contribution in [0.25, 0.3) is 10.9 Å². The minimum absolute atomic E-state index is 0.0315. The number of para-hydroxylation sites is 1. The zero-order valence-corrected chi connectivity index (χ0v) is 14.0. The van der Waals surface area contributed by atoms with Gasteiger partial charge < -0.3 is 14.6 Å². The molecule has 0 radical (unpaired) electrons. The molecule has 0 aliphatic rings. The molecule has 124 valence electrons. The number of fused-ring (bicyclic) bond motifs is 1. The first-order valence-electron chi connectivity index (χ1n) is 7.97. The molecule has 1 aromatic carbocycles. The van der Waals surface area contributed by atoms with Gasteiger partial charge in [-0.2, -0.15) is 0 Å². The van der Waals surface area contributed by atoms with Crippen molar-refractivity contribution in [3.05, 3.63) is 59.9 Å². The van der Waals surface area contributed by atoms with Crippen LogP contribution < -0.4 is 10.1 Å². The molecule has 1 N–H and O–H groups in total. The van der Waals surface area contributed by atoms with Crippen molar-refractivity contribution in [1.82, 2.24) is 14.9 Å². The lowest BCUT2D eigenvalue weighted by molar-refractivity contribution is -0.120. The van der Waals surface area contributed by atoms with E-state index in [2.05, 4.69) is 33.2 Å². The number of benzene rings is 1. The van der Waals surface area contributed by atoms with E-state index in [4.69, 9.17) is 4.74 Å². The number of carbonyl (C=O) groups excluding carboxylic acids is 1. The van der Waals surface area contributed by atoms with E-state index in [-0.39, 0.29) is 12.3 Å². The zero-order valence-electron chi connectivity index (χ0n) is 14.0. The SMILES string of the molecule is COc1cccc(CC(=O)NCCc2cn(C)c3ccccc23)n1. The van der Waals surface area contributed by atoms with Crippen molar-refractivity contribution < 1.29 is 9.53 Å². The number of hydrogen-bond acceptors (Lipinski definition) is 3. The molecule has 0 bridgehead atoms. The molecule has 0 fully saturated rings. The molecule has 24 heavy (non-hydrogen) atoms. The largest absolute Gasteiger partial charge is 0.481 e. The number of carbonyl (C=O) groups is 1. The molecule has 0 saturated carbocycles. The predicted molar refractivity (Wildman–Crippen MR) is 94.1 cm³/mol. The fraction of sp³-hybridized carbons (Fsp3) is 0.263. The van der Waals surface area contributed by atoms with Gasteiger partial charge >= 0.3 is 0 Å². The Hall–Kier alpha value is -2.82. The Balaban J connectivity index is 1.56. The van der Waals surface area contributed by atoms with Gasteiger partial charge in [-0.3, -0.25) is 4.79 Å². The number of nitrogens with one attached hydrogen (secondary N) is 1. The summed E-state index contributed by atoms with van der Waals surface area (Å²) >= 11 is 0. The molecule has 0 aliphatic heterocycles. The van der Waals surface area contributed by atoms with Crippen LogP contribution in [-0.4, -0.2) is 29.1 Å². The van der Waals surface area contributed by atoms with Gasteiger partial charge in [-0.25, -0.2) is 4.98 Å². The summed E-state index contributed by atoms with van der Waals surface area (Å²) in [5.74, 6) is 0.493. The molecule has 5 heteroatoms. The van der Waals surface area contributed by atoms with Gasteiger partial charge in [0.15, 0.2) is 0 Å². The van der Waals surface area contributed by atoms with E-state index < -0.39 is 0 Å². The average molecular weight is 323 g/mol. The van der Waals surface area contributed by atoms with Crippen molar-refractivity contribution in [3.63, 3.8) is 0 Å². The van der Waals surface area contributed by atoms with E-state index in [1.165, 1.54) is 16.5 Å². The topological polar surface area (TPSA) is 56.1 Å². The van der Waals surface area contributed by atoms with Gasteiger partial charge in [0.2, 0.25) is 11.8 Å². The maximum atomic E-state index is 12.1. The Kier molecular flexibility index (Phi) is 4.79. The fourth-order valence-corrected chi connectivity index (χ4v) is 2.86. The number of hydrogen-bond donors (Lipinski definition) is 1. The summed E-state index contributed by atoms with van der Waals surface area (Å²) in [6, 6.07) is 13.7. The molecule has 2 heterocycles. The van der Waals surface area contributed by atoms with E-state index in [1.54, 1.807) is 13.2 Å². The lowest BCUT2D eigenvalue weighted by atomic mass is 10.1. The molecule has 0 saturated heterocycles. The minimum atomic E-state index is -0.0315. The van der Waals surface area contributed by atoms with Crippen LogP contribution in [0, 0.1) is 0 Å². The minimum Gasteiger partial charge on any atom is -0.481 e. The summed E-state index contributed by atoms with van der Waals surface area (Å²) in [7, 11) is 3.61. The maximum absolute atomic E-state index is 12.1. The normalized spacial score (nSPS) is 10.8. The predicted octanol–water partition coefficient (Wildman–Crippen LogP) is 2.48. The summed E-state index contributed by atoms with van der Waals surface area (Å²) in [5, 5.41) is 4.20. The first-order valence-corrected chi connectivity index (χ1v) is 7.97. The first-order chi connectivity index (χ1) is 11.7. The quantitative estimate of drug-likeness (QED) is 0.758. The highest BCUT2D eigenvalue weighted by Gasteiger charge is 2.08. The van der Waals surface area contributed by atoms with Crippen LogP contribution in [0.3, 0.4) is 0 Å². The number of rotatable bonds is 6. The Morgan fingerprint density at radius 3 is 2.88 bits per heavy atom. The summed E-state index contributed by atoms with van der Waals surface area (Å²) in [6.07, 6.45) is 3.19. The van der Waals surface area contributed by atoms with Gasteiger partial charge in [-0.15, -0.1) is 0 Å². The molecule has 5 nitrogen and oxygen atoms in total. The monoisotopic (exact) mass is 323 g/mol. The molecular weight excluding hydrogens is 302 g/mol. The Bertz CT molecular complexity index is 855. The molecular formula is C19H21N3O2. The van der Waals surface area contributed by atoms with E-state index in [9.17, 15) is 4.79 Å². The van der Waals surface area contributed by atoms with Crippen molar-refractivity contribution in [3.8, 4) is 5.88 Å². The maximum Gasteiger partial charge on any atom is 0.226 e. The summed E-state index contributed by atoms with van der Waals surface area (Å²) < 4.78 is 7.19. The molecule has 3 aromatic rings. The number of methoxy groups -OCH3 is 1. The second-order valence-corrected chi connectivity index (χ2v) is 5.73. The highest BCUT2D eigenvalue weighted by atomic mass is 16.5. The van der Waals surface area contributed by atoms with E-state index in [0.29, 0.717) is 18.1 Å². The zero-order chi connectivity index (χ0) is 16.9. The third-order valence-corrected chi connectivity index (χ3v) is 4.03. The number of aryl methyl sites for hydroxylation is 1. The summed E-state index contributed by atoms with van der Waals surface area (Å²) in [6.45, 7) is 0.608. The second kappa shape index (κ2) is 7.17. The van der Waals surface area contributed by atoms with E-state index in [0.717, 1.165) is 6.42 Å². The number of amides is 1. The smallest absolute Gasteiger partial charge is 0.226 e. The van der Waals surface area contributed by atoms with Crippen LogP contribution in [0.15, 0.2) is 48.7 Å². The number of pyridine rings is 1. The molecule has 0 unspecified atom stereocenters. The molecule has 1 amide bonds. The van der Waals surface area contributed by atoms with Gasteiger partial charge in [0.25, 0.3) is 0 Å².